The third-order valence-corrected chi connectivity index (χ3v) is 7.96. The number of carbonyl (C=O) groups excluding carboxylic acids is 2. The summed E-state index contributed by atoms with van der Waals surface area (Å²) in [4.78, 5) is 43.6. The molecule has 37 heavy (non-hydrogen) atoms. The number of aromatic hydroxyl groups is 1. The van der Waals surface area contributed by atoms with Crippen LogP contribution in [0.1, 0.15) is 43.5 Å². The Bertz CT molecular complexity index is 1650. The van der Waals surface area contributed by atoms with E-state index in [-0.39, 0.29) is 11.5 Å². The molecular weight excluding hydrogens is 470 g/mol. The molecule has 0 radical (unpaired) electrons. The van der Waals surface area contributed by atoms with E-state index in [2.05, 4.69) is 0 Å². The minimum atomic E-state index is -1.35. The highest BCUT2D eigenvalue weighted by Gasteiger charge is 2.64. The van der Waals surface area contributed by atoms with Crippen LogP contribution < -0.4 is 10.4 Å². The van der Waals surface area contributed by atoms with Gasteiger partial charge in [-0.15, -0.1) is 0 Å². The fourth-order valence-electron chi connectivity index (χ4n) is 6.44. The summed E-state index contributed by atoms with van der Waals surface area (Å²) in [5, 5.41) is 12.4. The van der Waals surface area contributed by atoms with E-state index >= 15 is 0 Å². The average molecular weight is 496 g/mol. The van der Waals surface area contributed by atoms with E-state index in [4.69, 9.17) is 9.15 Å². The van der Waals surface area contributed by atoms with Gasteiger partial charge < -0.3 is 14.3 Å². The Morgan fingerprint density at radius 3 is 2.46 bits per heavy atom. The first kappa shape index (κ1) is 23.2. The van der Waals surface area contributed by atoms with Gasteiger partial charge in [0.15, 0.2) is 11.6 Å². The zero-order valence-corrected chi connectivity index (χ0v) is 20.6. The Hall–Kier alpha value is -4.23. The molecule has 0 unspecified atom stereocenters. The summed E-state index contributed by atoms with van der Waals surface area (Å²) >= 11 is 0. The monoisotopic (exact) mass is 495 g/mol. The number of likely N-dealkylation sites (tertiary alicyclic amines) is 1. The number of hydrogen-bond donors (Lipinski definition) is 1. The number of fused-ring (bicyclic) bond motifs is 1. The maximum absolute atomic E-state index is 14.4. The number of benzene rings is 3. The van der Waals surface area contributed by atoms with E-state index in [0.29, 0.717) is 17.9 Å². The lowest BCUT2D eigenvalue weighted by atomic mass is 9.69. The molecule has 1 N–H and O–H groups in total. The minimum absolute atomic E-state index is 0.188. The molecule has 7 heteroatoms. The smallest absolute Gasteiger partial charge is 0.350 e. The van der Waals surface area contributed by atoms with Crippen LogP contribution in [0.5, 0.6) is 11.5 Å². The predicted molar refractivity (Wildman–Crippen MR) is 138 cm³/mol. The van der Waals surface area contributed by atoms with Gasteiger partial charge in [0.05, 0.1) is 13.0 Å². The Balaban J connectivity index is 1.63. The van der Waals surface area contributed by atoms with Crippen LogP contribution in [0.15, 0.2) is 75.9 Å². The zero-order chi connectivity index (χ0) is 26.1. The molecule has 1 fully saturated rings. The first-order valence-corrected chi connectivity index (χ1v) is 12.1. The van der Waals surface area contributed by atoms with Crippen LogP contribution in [0.2, 0.25) is 0 Å². The summed E-state index contributed by atoms with van der Waals surface area (Å²) < 4.78 is 10.5. The number of nitrogens with zero attached hydrogens (tertiary/aromatic N) is 1. The molecule has 1 aliphatic heterocycles. The second-order valence-corrected chi connectivity index (χ2v) is 9.81. The molecule has 4 aromatic rings. The first-order chi connectivity index (χ1) is 17.8. The first-order valence-electron chi connectivity index (χ1n) is 12.1. The average Bonchev–Trinajstić information content (AvgIpc) is 3.33. The maximum atomic E-state index is 14.4. The van der Waals surface area contributed by atoms with E-state index < -0.39 is 40.1 Å². The highest BCUT2D eigenvalue weighted by atomic mass is 16.5. The van der Waals surface area contributed by atoms with Crippen LogP contribution >= 0.6 is 0 Å². The summed E-state index contributed by atoms with van der Waals surface area (Å²) in [7, 11) is 3.41. The molecule has 0 saturated carbocycles. The van der Waals surface area contributed by atoms with Gasteiger partial charge in [0, 0.05) is 24.1 Å². The molecule has 1 aliphatic carbocycles. The van der Waals surface area contributed by atoms with Crippen molar-refractivity contribution in [3.63, 3.8) is 0 Å². The minimum Gasteiger partial charge on any atom is -0.507 e. The third kappa shape index (κ3) is 3.07. The number of ether oxygens (including phenoxy) is 1. The third-order valence-electron chi connectivity index (χ3n) is 7.96. The topological polar surface area (TPSA) is 97.1 Å². The molecule has 186 valence electrons. The van der Waals surface area contributed by atoms with Crippen LogP contribution in [0.3, 0.4) is 0 Å². The van der Waals surface area contributed by atoms with Gasteiger partial charge >= 0.3 is 5.63 Å². The van der Waals surface area contributed by atoms with E-state index in [1.54, 1.807) is 13.2 Å². The summed E-state index contributed by atoms with van der Waals surface area (Å²) in [5.74, 6) is -1.83. The molecule has 0 bridgehead atoms. The maximum Gasteiger partial charge on any atom is 0.350 e. The number of aryl methyl sites for hydroxylation is 1. The summed E-state index contributed by atoms with van der Waals surface area (Å²) in [5.41, 5.74) is -0.586. The lowest BCUT2D eigenvalue weighted by Crippen LogP contribution is -2.50. The Labute approximate surface area is 212 Å². The number of carbonyl (C=O) groups is 2. The van der Waals surface area contributed by atoms with Gasteiger partial charge in [-0.2, -0.15) is 0 Å². The number of ketones is 2. The van der Waals surface area contributed by atoms with Crippen molar-refractivity contribution >= 4 is 22.3 Å². The van der Waals surface area contributed by atoms with Crippen LogP contribution in [0.4, 0.5) is 0 Å². The van der Waals surface area contributed by atoms with Crippen LogP contribution in [-0.2, 0) is 5.54 Å². The summed E-state index contributed by atoms with van der Waals surface area (Å²) in [6, 6.07) is 19.9. The molecular formula is C30H25NO6. The van der Waals surface area contributed by atoms with Crippen molar-refractivity contribution in [3.8, 4) is 11.5 Å². The molecule has 7 nitrogen and oxygen atoms in total. The van der Waals surface area contributed by atoms with E-state index in [9.17, 15) is 19.5 Å². The van der Waals surface area contributed by atoms with Gasteiger partial charge in [0.1, 0.15) is 28.4 Å². The molecule has 1 aromatic heterocycles. The molecule has 1 saturated heterocycles. The molecule has 2 heterocycles. The van der Waals surface area contributed by atoms with Gasteiger partial charge in [0.2, 0.25) is 0 Å². The fraction of sp³-hybridized carbons (Fsp3) is 0.233. The van der Waals surface area contributed by atoms with Crippen LogP contribution in [0, 0.1) is 12.8 Å². The van der Waals surface area contributed by atoms with Gasteiger partial charge in [-0.1, -0.05) is 48.5 Å². The van der Waals surface area contributed by atoms with Gasteiger partial charge in [-0.25, -0.2) is 4.79 Å². The zero-order valence-electron chi connectivity index (χ0n) is 20.6. The predicted octanol–water partition coefficient (Wildman–Crippen LogP) is 4.44. The van der Waals surface area contributed by atoms with Crippen molar-refractivity contribution in [2.24, 2.45) is 5.92 Å². The molecule has 2 aliphatic rings. The number of rotatable bonds is 4. The Morgan fingerprint density at radius 1 is 1.08 bits per heavy atom. The van der Waals surface area contributed by atoms with Gasteiger partial charge in [0.25, 0.3) is 0 Å². The second-order valence-electron chi connectivity index (χ2n) is 9.81. The number of hydrogen-bond acceptors (Lipinski definition) is 7. The Kier molecular flexibility index (Phi) is 5.10. The highest BCUT2D eigenvalue weighted by Crippen LogP contribution is 2.57. The lowest BCUT2D eigenvalue weighted by Gasteiger charge is -2.36. The fourth-order valence-corrected chi connectivity index (χ4v) is 6.44. The summed E-state index contributed by atoms with van der Waals surface area (Å²) in [6.45, 7) is 1.91. The summed E-state index contributed by atoms with van der Waals surface area (Å²) in [6.07, 6.45) is 0. The molecule has 1 spiro atoms. The lowest BCUT2D eigenvalue weighted by molar-refractivity contribution is 0.0570. The van der Waals surface area contributed by atoms with E-state index in [0.717, 1.165) is 21.9 Å². The SMILES string of the molecule is COc1ccc([C@@H]2CN(C)[C@]3(C(=O)c4cccc5cccc3c45)[C@H]2C(=O)c2c(O)cc(C)oc2=O)cc1. The van der Waals surface area contributed by atoms with Gasteiger partial charge in [-0.05, 0) is 48.0 Å². The van der Waals surface area contributed by atoms with Gasteiger partial charge in [-0.3, -0.25) is 14.5 Å². The molecule has 6 rings (SSSR count). The molecule has 0 amide bonds. The highest BCUT2D eigenvalue weighted by molar-refractivity contribution is 6.22. The molecule has 3 aromatic carbocycles. The normalized spacial score (nSPS) is 22.7. The number of methoxy groups -OCH3 is 1. The largest absolute Gasteiger partial charge is 0.507 e. The second kappa shape index (κ2) is 8.15. The van der Waals surface area contributed by atoms with Crippen molar-refractivity contribution in [2.45, 2.75) is 18.4 Å². The Morgan fingerprint density at radius 2 is 1.78 bits per heavy atom. The van der Waals surface area contributed by atoms with Crippen molar-refractivity contribution in [1.29, 1.82) is 0 Å². The van der Waals surface area contributed by atoms with Crippen LogP contribution in [0.25, 0.3) is 10.8 Å². The van der Waals surface area contributed by atoms with Crippen LogP contribution in [-0.4, -0.2) is 42.3 Å². The van der Waals surface area contributed by atoms with E-state index in [1.807, 2.05) is 66.5 Å². The number of likely N-dealkylation sites (N-methyl/N-ethyl adjacent to an activating group) is 1. The van der Waals surface area contributed by atoms with E-state index in [1.165, 1.54) is 13.0 Å². The van der Waals surface area contributed by atoms with Crippen molar-refractivity contribution in [1.82, 2.24) is 4.90 Å². The quantitative estimate of drug-likeness (QED) is 0.418. The van der Waals surface area contributed by atoms with Crippen molar-refractivity contribution < 1.29 is 23.8 Å². The van der Waals surface area contributed by atoms with Crippen molar-refractivity contribution in [2.75, 3.05) is 20.7 Å². The standard InChI is InChI=1S/C30H25NO6/c1-16-14-23(32)25(29(35)37-16)27(33)26-21(17-10-12-19(36-3)13-11-17)15-31(2)30(26)22-9-5-7-18-6-4-8-20(24(18)22)28(30)34/h4-14,21,26,32H,15H2,1-3H3/t21-,26+,30-/m0/s1. The molecule has 3 atom stereocenters. The van der Waals surface area contributed by atoms with Crippen molar-refractivity contribution in [3.05, 3.63) is 105 Å². The number of Topliss-reactive ketones (excluding diaryl/α,β-unsaturated/α-hetero) is 2.